The van der Waals surface area contributed by atoms with Crippen LogP contribution in [0.2, 0.25) is 0 Å². The predicted octanol–water partition coefficient (Wildman–Crippen LogP) is 2.33. The lowest BCUT2D eigenvalue weighted by Gasteiger charge is -2.24. The summed E-state index contributed by atoms with van der Waals surface area (Å²) in [7, 11) is 0. The van der Waals surface area contributed by atoms with Gasteiger partial charge in [0, 0.05) is 19.0 Å². The highest BCUT2D eigenvalue weighted by molar-refractivity contribution is 5.82. The Labute approximate surface area is 126 Å². The summed E-state index contributed by atoms with van der Waals surface area (Å²) >= 11 is 0. The Morgan fingerprint density at radius 2 is 2.33 bits per heavy atom. The lowest BCUT2D eigenvalue weighted by molar-refractivity contribution is -0.123. The van der Waals surface area contributed by atoms with Crippen molar-refractivity contribution in [3.63, 3.8) is 0 Å². The van der Waals surface area contributed by atoms with E-state index in [0.717, 1.165) is 51.0 Å². The molecule has 1 fully saturated rings. The fourth-order valence-corrected chi connectivity index (χ4v) is 3.21. The zero-order valence-corrected chi connectivity index (χ0v) is 12.7. The molecule has 0 aliphatic carbocycles. The van der Waals surface area contributed by atoms with E-state index in [1.807, 2.05) is 0 Å². The molecule has 2 atom stereocenters. The van der Waals surface area contributed by atoms with Gasteiger partial charge in [0.1, 0.15) is 5.75 Å². The number of rotatable bonds is 4. The van der Waals surface area contributed by atoms with Crippen molar-refractivity contribution < 1.29 is 9.53 Å². The summed E-state index contributed by atoms with van der Waals surface area (Å²) in [4.78, 5) is 12.1. The lowest BCUT2D eigenvalue weighted by Crippen LogP contribution is -2.44. The standard InChI is InChI=1S/C17H24N2O2/c1-2-14(19-15-5-3-4-9-18-17(15)20)12-6-7-16-13(11-12)8-10-21-16/h6-7,11,14-15,19H,2-5,8-10H2,1H3,(H,18,20). The van der Waals surface area contributed by atoms with E-state index >= 15 is 0 Å². The third-order valence-corrected chi connectivity index (χ3v) is 4.46. The van der Waals surface area contributed by atoms with Gasteiger partial charge < -0.3 is 10.1 Å². The van der Waals surface area contributed by atoms with E-state index in [1.54, 1.807) is 0 Å². The van der Waals surface area contributed by atoms with Gasteiger partial charge in [0.15, 0.2) is 0 Å². The highest BCUT2D eigenvalue weighted by Crippen LogP contribution is 2.29. The highest BCUT2D eigenvalue weighted by atomic mass is 16.5. The third-order valence-electron chi connectivity index (χ3n) is 4.46. The number of carbonyl (C=O) groups excluding carboxylic acids is 1. The second-order valence-electron chi connectivity index (χ2n) is 5.93. The number of nitrogens with one attached hydrogen (secondary N) is 2. The maximum Gasteiger partial charge on any atom is 0.237 e. The van der Waals surface area contributed by atoms with Crippen LogP contribution in [0, 0.1) is 0 Å². The number of amides is 1. The Morgan fingerprint density at radius 3 is 3.19 bits per heavy atom. The van der Waals surface area contributed by atoms with Crippen molar-refractivity contribution in [2.24, 2.45) is 0 Å². The Morgan fingerprint density at radius 1 is 1.43 bits per heavy atom. The molecule has 0 spiro atoms. The number of carbonyl (C=O) groups is 1. The van der Waals surface area contributed by atoms with E-state index in [4.69, 9.17) is 4.74 Å². The van der Waals surface area contributed by atoms with Gasteiger partial charge in [-0.15, -0.1) is 0 Å². The zero-order chi connectivity index (χ0) is 14.7. The van der Waals surface area contributed by atoms with Crippen LogP contribution >= 0.6 is 0 Å². The van der Waals surface area contributed by atoms with E-state index in [-0.39, 0.29) is 18.0 Å². The third kappa shape index (κ3) is 3.21. The summed E-state index contributed by atoms with van der Waals surface area (Å²) in [6.45, 7) is 3.76. The Balaban J connectivity index is 1.73. The zero-order valence-electron chi connectivity index (χ0n) is 12.7. The van der Waals surface area contributed by atoms with E-state index in [0.29, 0.717) is 0 Å². The van der Waals surface area contributed by atoms with Crippen molar-refractivity contribution in [2.45, 2.75) is 51.1 Å². The minimum absolute atomic E-state index is 0.0676. The van der Waals surface area contributed by atoms with Crippen molar-refractivity contribution in [2.75, 3.05) is 13.2 Å². The normalized spacial score (nSPS) is 22.9. The SMILES string of the molecule is CCC(NC1CCCCNC1=O)c1ccc2c(c1)CCO2. The van der Waals surface area contributed by atoms with Crippen LogP contribution in [0.25, 0.3) is 0 Å². The molecule has 2 heterocycles. The van der Waals surface area contributed by atoms with Gasteiger partial charge in [-0.05, 0) is 42.9 Å². The van der Waals surface area contributed by atoms with Gasteiger partial charge in [-0.2, -0.15) is 0 Å². The predicted molar refractivity (Wildman–Crippen MR) is 82.5 cm³/mol. The number of benzene rings is 1. The maximum atomic E-state index is 12.1. The molecular formula is C17H24N2O2. The molecule has 1 aromatic carbocycles. The quantitative estimate of drug-likeness (QED) is 0.894. The first-order valence-corrected chi connectivity index (χ1v) is 8.07. The van der Waals surface area contributed by atoms with Crippen LogP contribution in [-0.4, -0.2) is 25.1 Å². The summed E-state index contributed by atoms with van der Waals surface area (Å²) in [6, 6.07) is 6.58. The van der Waals surface area contributed by atoms with Crippen LogP contribution in [0.5, 0.6) is 5.75 Å². The molecule has 1 saturated heterocycles. The molecule has 0 bridgehead atoms. The minimum Gasteiger partial charge on any atom is -0.493 e. The molecule has 4 nitrogen and oxygen atoms in total. The molecule has 0 saturated carbocycles. The monoisotopic (exact) mass is 288 g/mol. The second kappa shape index (κ2) is 6.48. The van der Waals surface area contributed by atoms with Crippen LogP contribution in [-0.2, 0) is 11.2 Å². The van der Waals surface area contributed by atoms with Crippen LogP contribution in [0.15, 0.2) is 18.2 Å². The average Bonchev–Trinajstić information content (AvgIpc) is 2.88. The van der Waals surface area contributed by atoms with Crippen molar-refractivity contribution in [1.29, 1.82) is 0 Å². The first-order chi connectivity index (χ1) is 10.3. The summed E-state index contributed by atoms with van der Waals surface area (Å²) in [6.07, 6.45) is 5.07. The molecule has 3 rings (SSSR count). The molecule has 1 aromatic rings. The van der Waals surface area contributed by atoms with Crippen molar-refractivity contribution >= 4 is 5.91 Å². The molecule has 0 radical (unpaired) electrons. The number of hydrogen-bond donors (Lipinski definition) is 2. The fraction of sp³-hybridized carbons (Fsp3) is 0.588. The van der Waals surface area contributed by atoms with Crippen molar-refractivity contribution in [3.05, 3.63) is 29.3 Å². The van der Waals surface area contributed by atoms with Gasteiger partial charge in [0.25, 0.3) is 0 Å². The Kier molecular flexibility index (Phi) is 4.44. The molecule has 114 valence electrons. The lowest BCUT2D eigenvalue weighted by atomic mass is 9.99. The maximum absolute atomic E-state index is 12.1. The smallest absolute Gasteiger partial charge is 0.237 e. The van der Waals surface area contributed by atoms with Crippen LogP contribution in [0.3, 0.4) is 0 Å². The number of ether oxygens (including phenoxy) is 1. The fourth-order valence-electron chi connectivity index (χ4n) is 3.21. The van der Waals surface area contributed by atoms with Crippen LogP contribution < -0.4 is 15.4 Å². The molecule has 0 aromatic heterocycles. The topological polar surface area (TPSA) is 50.4 Å². The van der Waals surface area contributed by atoms with Crippen molar-refractivity contribution in [3.8, 4) is 5.75 Å². The van der Waals surface area contributed by atoms with Gasteiger partial charge in [-0.3, -0.25) is 10.1 Å². The van der Waals surface area contributed by atoms with Crippen LogP contribution in [0.4, 0.5) is 0 Å². The highest BCUT2D eigenvalue weighted by Gasteiger charge is 2.24. The molecule has 2 N–H and O–H groups in total. The first-order valence-electron chi connectivity index (χ1n) is 8.07. The molecule has 21 heavy (non-hydrogen) atoms. The average molecular weight is 288 g/mol. The van der Waals surface area contributed by atoms with E-state index in [1.165, 1.54) is 11.1 Å². The Bertz CT molecular complexity index is 516. The van der Waals surface area contributed by atoms with Crippen LogP contribution in [0.1, 0.15) is 49.8 Å². The van der Waals surface area contributed by atoms with Crippen molar-refractivity contribution in [1.82, 2.24) is 10.6 Å². The first kappa shape index (κ1) is 14.4. The minimum atomic E-state index is -0.0676. The number of hydrogen-bond acceptors (Lipinski definition) is 3. The van der Waals surface area contributed by atoms with Gasteiger partial charge in [0.2, 0.25) is 5.91 Å². The van der Waals surface area contributed by atoms with Gasteiger partial charge in [-0.1, -0.05) is 19.1 Å². The Hall–Kier alpha value is -1.55. The summed E-state index contributed by atoms with van der Waals surface area (Å²) < 4.78 is 5.57. The van der Waals surface area contributed by atoms with Gasteiger partial charge >= 0.3 is 0 Å². The molecular weight excluding hydrogens is 264 g/mol. The molecule has 2 unspecified atom stereocenters. The van der Waals surface area contributed by atoms with Gasteiger partial charge in [0.05, 0.1) is 12.6 Å². The van der Waals surface area contributed by atoms with E-state index < -0.39 is 0 Å². The molecule has 1 amide bonds. The van der Waals surface area contributed by atoms with E-state index in [9.17, 15) is 4.79 Å². The molecule has 2 aliphatic heterocycles. The number of fused-ring (bicyclic) bond motifs is 1. The molecule has 4 heteroatoms. The van der Waals surface area contributed by atoms with E-state index in [2.05, 4.69) is 35.8 Å². The summed E-state index contributed by atoms with van der Waals surface area (Å²) in [5.41, 5.74) is 2.55. The summed E-state index contributed by atoms with van der Waals surface area (Å²) in [5.74, 6) is 1.16. The van der Waals surface area contributed by atoms with Gasteiger partial charge in [-0.25, -0.2) is 0 Å². The molecule has 2 aliphatic rings. The largest absolute Gasteiger partial charge is 0.493 e. The second-order valence-corrected chi connectivity index (χ2v) is 5.93. The summed E-state index contributed by atoms with van der Waals surface area (Å²) in [5, 5.41) is 6.55.